The molecule has 3 heterocycles. The number of hydrogen-bond donors (Lipinski definition) is 3. The van der Waals surface area contributed by atoms with Crippen molar-refractivity contribution in [2.75, 3.05) is 26.7 Å². The highest BCUT2D eigenvalue weighted by atomic mass is 35.5. The smallest absolute Gasteiger partial charge is 0.227 e. The Balaban J connectivity index is 0.00000228. The van der Waals surface area contributed by atoms with Crippen LogP contribution in [0.3, 0.4) is 0 Å². The molecule has 9 heteroatoms. The lowest BCUT2D eigenvalue weighted by atomic mass is 9.66. The topological polar surface area (TPSA) is 129 Å². The van der Waals surface area contributed by atoms with Crippen molar-refractivity contribution in [1.29, 1.82) is 0 Å². The summed E-state index contributed by atoms with van der Waals surface area (Å²) in [4.78, 5) is 16.0. The third-order valence-electron chi connectivity index (χ3n) is 8.46. The molecule has 3 aliphatic heterocycles. The number of nitrogens with zero attached hydrogens (tertiary/aromatic N) is 1. The van der Waals surface area contributed by atoms with Gasteiger partial charge in [0.25, 0.3) is 0 Å². The van der Waals surface area contributed by atoms with Gasteiger partial charge in [-0.1, -0.05) is 65.0 Å². The van der Waals surface area contributed by atoms with Crippen LogP contribution >= 0.6 is 11.6 Å². The molecule has 7 atom stereocenters. The standard InChI is InChI=1S/C27H43ClN4O2.CH4.2H2O/c1-17(2)23(30-25(33)21-14-19-10-12-29-24(19)31-26(21)34-5)15-32-13-11-22(27(3,4)16-32)18-6-8-20(28)9-7-18;;;/h6,8-10,12,17-19,21-24,26,29,31H,7,11,13-16H2,1-5H3,(H,30,33);1H4;2*1H2/t18?,19?,21?,22?,23-,24?,26?;;;/m0.../s1. The third-order valence-corrected chi connectivity index (χ3v) is 8.74. The molecule has 0 spiro atoms. The summed E-state index contributed by atoms with van der Waals surface area (Å²) < 4.78 is 5.66. The molecule has 2 fully saturated rings. The summed E-state index contributed by atoms with van der Waals surface area (Å²) in [5.41, 5.74) is 0.210. The summed E-state index contributed by atoms with van der Waals surface area (Å²) in [7, 11) is 1.68. The fourth-order valence-corrected chi connectivity index (χ4v) is 6.59. The van der Waals surface area contributed by atoms with Gasteiger partial charge in [0.2, 0.25) is 5.91 Å². The molecular weight excluding hydrogens is 492 g/mol. The van der Waals surface area contributed by atoms with Gasteiger partial charge in [-0.05, 0) is 61.3 Å². The molecule has 2 saturated heterocycles. The van der Waals surface area contributed by atoms with Crippen LogP contribution in [0.4, 0.5) is 0 Å². The Labute approximate surface area is 228 Å². The summed E-state index contributed by atoms with van der Waals surface area (Å²) in [6.07, 6.45) is 13.6. The predicted octanol–water partition coefficient (Wildman–Crippen LogP) is 2.80. The molecule has 0 aromatic rings. The highest BCUT2D eigenvalue weighted by molar-refractivity contribution is 6.31. The Hall–Kier alpha value is -1.42. The van der Waals surface area contributed by atoms with Crippen molar-refractivity contribution in [1.82, 2.24) is 20.9 Å². The van der Waals surface area contributed by atoms with Crippen LogP contribution in [-0.2, 0) is 9.53 Å². The average Bonchev–Trinajstić information content (AvgIpc) is 3.25. The predicted molar refractivity (Wildman–Crippen MR) is 152 cm³/mol. The number of carbonyl (C=O) groups is 1. The van der Waals surface area contributed by atoms with Crippen LogP contribution in [0.1, 0.15) is 54.4 Å². The molecule has 0 bridgehead atoms. The van der Waals surface area contributed by atoms with Gasteiger partial charge in [-0.3, -0.25) is 10.1 Å². The van der Waals surface area contributed by atoms with Crippen molar-refractivity contribution in [3.05, 3.63) is 35.5 Å². The Kier molecular flexibility index (Phi) is 12.8. The van der Waals surface area contributed by atoms with Gasteiger partial charge in [0.05, 0.1) is 12.1 Å². The van der Waals surface area contributed by atoms with Crippen LogP contribution in [0.2, 0.25) is 0 Å². The molecule has 4 aliphatic rings. The van der Waals surface area contributed by atoms with Gasteiger partial charge >= 0.3 is 0 Å². The second-order valence-corrected chi connectivity index (χ2v) is 12.1. The Bertz CT molecular complexity index is 831. The molecule has 0 saturated carbocycles. The lowest BCUT2D eigenvalue weighted by Gasteiger charge is -2.48. The molecule has 4 rings (SSSR count). The van der Waals surface area contributed by atoms with Crippen LogP contribution in [0.5, 0.6) is 0 Å². The maximum absolute atomic E-state index is 13.4. The maximum atomic E-state index is 13.4. The second kappa shape index (κ2) is 14.1. The summed E-state index contributed by atoms with van der Waals surface area (Å²) in [6.45, 7) is 12.2. The lowest BCUT2D eigenvalue weighted by Crippen LogP contribution is -2.60. The zero-order chi connectivity index (χ0) is 24.5. The van der Waals surface area contributed by atoms with Gasteiger partial charge in [0.15, 0.2) is 0 Å². The molecule has 0 aromatic heterocycles. The molecule has 1 amide bonds. The number of piperidine rings is 2. The summed E-state index contributed by atoms with van der Waals surface area (Å²) >= 11 is 6.16. The molecule has 1 aliphatic carbocycles. The van der Waals surface area contributed by atoms with Crippen LogP contribution in [0.25, 0.3) is 0 Å². The highest BCUT2D eigenvalue weighted by Crippen LogP contribution is 2.43. The number of methoxy groups -OCH3 is 1. The minimum atomic E-state index is -0.276. The van der Waals surface area contributed by atoms with E-state index in [2.05, 4.69) is 72.8 Å². The number of nitrogens with one attached hydrogen (secondary N) is 3. The first-order valence-corrected chi connectivity index (χ1v) is 13.3. The van der Waals surface area contributed by atoms with E-state index in [1.807, 2.05) is 6.20 Å². The third kappa shape index (κ3) is 7.80. The first-order valence-electron chi connectivity index (χ1n) is 13.0. The molecule has 0 aromatic carbocycles. The fraction of sp³-hybridized carbons (Fsp3) is 0.750. The Morgan fingerprint density at radius 2 is 2.00 bits per heavy atom. The SMILES string of the molecule is C.COC1NC2NC=CC2CC1C(=O)N[C@@H](CN1CCC(C2C=CC(Cl)=CC2)C(C)(C)C1)C(C)C.O.O. The van der Waals surface area contributed by atoms with Crippen LogP contribution in [-0.4, -0.2) is 66.9 Å². The minimum absolute atomic E-state index is 0. The first kappa shape index (κ1) is 33.6. The number of carbonyl (C=O) groups excluding carboxylic acids is 1. The molecular formula is C28H51ClN4O4. The number of allylic oxidation sites excluding steroid dienone is 4. The summed E-state index contributed by atoms with van der Waals surface area (Å²) in [5, 5.41) is 11.0. The van der Waals surface area contributed by atoms with Crippen LogP contribution in [0, 0.1) is 35.0 Å². The molecule has 6 unspecified atom stereocenters. The lowest BCUT2D eigenvalue weighted by molar-refractivity contribution is -0.135. The second-order valence-electron chi connectivity index (χ2n) is 11.7. The molecule has 0 radical (unpaired) electrons. The van der Waals surface area contributed by atoms with Crippen molar-refractivity contribution in [3.8, 4) is 0 Å². The van der Waals surface area contributed by atoms with Crippen molar-refractivity contribution >= 4 is 17.5 Å². The molecule has 37 heavy (non-hydrogen) atoms. The number of amides is 1. The summed E-state index contributed by atoms with van der Waals surface area (Å²) in [5.74, 6) is 1.78. The molecule has 8 nitrogen and oxygen atoms in total. The zero-order valence-electron chi connectivity index (χ0n) is 22.4. The number of halogens is 1. The van der Waals surface area contributed by atoms with E-state index in [0.29, 0.717) is 23.7 Å². The van der Waals surface area contributed by atoms with Gasteiger partial charge in [0, 0.05) is 37.2 Å². The molecule has 214 valence electrons. The van der Waals surface area contributed by atoms with E-state index in [9.17, 15) is 4.79 Å². The fourth-order valence-electron chi connectivity index (χ4n) is 6.43. The zero-order valence-corrected chi connectivity index (χ0v) is 23.1. The summed E-state index contributed by atoms with van der Waals surface area (Å²) in [6, 6.07) is 0.114. The van der Waals surface area contributed by atoms with E-state index < -0.39 is 0 Å². The number of rotatable bonds is 7. The van der Waals surface area contributed by atoms with Gasteiger partial charge in [0.1, 0.15) is 6.23 Å². The van der Waals surface area contributed by atoms with Crippen LogP contribution in [0.15, 0.2) is 35.5 Å². The molecule has 7 N–H and O–H groups in total. The van der Waals surface area contributed by atoms with Crippen molar-refractivity contribution in [3.63, 3.8) is 0 Å². The van der Waals surface area contributed by atoms with Crippen molar-refractivity contribution < 1.29 is 20.5 Å². The van der Waals surface area contributed by atoms with Gasteiger partial charge in [-0.25, -0.2) is 0 Å². The van der Waals surface area contributed by atoms with E-state index in [0.717, 1.165) is 37.5 Å². The monoisotopic (exact) mass is 542 g/mol. The van der Waals surface area contributed by atoms with Gasteiger partial charge in [-0.15, -0.1) is 0 Å². The number of likely N-dealkylation sites (tertiary alicyclic amines) is 1. The van der Waals surface area contributed by atoms with E-state index in [-0.39, 0.29) is 54.1 Å². The average molecular weight is 543 g/mol. The number of hydrogen-bond acceptors (Lipinski definition) is 5. The van der Waals surface area contributed by atoms with Gasteiger partial charge in [-0.2, -0.15) is 0 Å². The van der Waals surface area contributed by atoms with E-state index >= 15 is 0 Å². The largest absolute Gasteiger partial charge is 0.412 e. The highest BCUT2D eigenvalue weighted by Gasteiger charge is 2.43. The Morgan fingerprint density at radius 1 is 1.27 bits per heavy atom. The first-order chi connectivity index (χ1) is 16.2. The quantitative estimate of drug-likeness (QED) is 0.455. The minimum Gasteiger partial charge on any atom is -0.412 e. The number of fused-ring (bicyclic) bond motifs is 1. The van der Waals surface area contributed by atoms with Crippen molar-refractivity contribution in [2.24, 2.45) is 35.0 Å². The number of ether oxygens (including phenoxy) is 1. The van der Waals surface area contributed by atoms with Crippen LogP contribution < -0.4 is 16.0 Å². The van der Waals surface area contributed by atoms with E-state index in [1.54, 1.807) is 7.11 Å². The van der Waals surface area contributed by atoms with E-state index in [4.69, 9.17) is 16.3 Å². The van der Waals surface area contributed by atoms with Gasteiger partial charge < -0.3 is 31.2 Å². The van der Waals surface area contributed by atoms with E-state index in [1.165, 1.54) is 6.42 Å². The normalized spacial score (nSPS) is 33.1. The van der Waals surface area contributed by atoms with Crippen molar-refractivity contribution in [2.45, 2.75) is 72.8 Å². The Morgan fingerprint density at radius 3 is 2.59 bits per heavy atom. The maximum Gasteiger partial charge on any atom is 0.227 e.